The number of nitrogens with zero attached hydrogens (tertiary/aromatic N) is 3. The average Bonchev–Trinajstić information content (AvgIpc) is 3.25. The maximum atomic E-state index is 12.7. The SMILES string of the molecule is CCN(CC(=O)NCc1cccs1)C(=O)CN1CCN(c2ccccc2O)CC1. The summed E-state index contributed by atoms with van der Waals surface area (Å²) in [5.41, 5.74) is 0.830. The number of para-hydroxylation sites is 2. The number of hydrogen-bond acceptors (Lipinski definition) is 6. The molecule has 156 valence electrons. The summed E-state index contributed by atoms with van der Waals surface area (Å²) in [7, 11) is 0. The molecule has 0 radical (unpaired) electrons. The van der Waals surface area contributed by atoms with E-state index >= 15 is 0 Å². The van der Waals surface area contributed by atoms with Crippen molar-refractivity contribution in [3.63, 3.8) is 0 Å². The van der Waals surface area contributed by atoms with Gasteiger partial charge in [-0.05, 0) is 30.5 Å². The molecule has 1 aromatic heterocycles. The molecule has 1 fully saturated rings. The standard InChI is InChI=1S/C21H28N4O3S/c1-2-24(15-20(27)22-14-17-6-5-13-29-17)21(28)16-23-9-11-25(12-10-23)18-7-3-4-8-19(18)26/h3-8,13,26H,2,9-12,14-16H2,1H3,(H,22,27). The number of carbonyl (C=O) groups is 2. The maximum Gasteiger partial charge on any atom is 0.239 e. The topological polar surface area (TPSA) is 76.1 Å². The maximum absolute atomic E-state index is 12.7. The molecule has 2 amide bonds. The van der Waals surface area contributed by atoms with Crippen LogP contribution in [0.2, 0.25) is 0 Å². The number of hydrogen-bond donors (Lipinski definition) is 2. The second-order valence-electron chi connectivity index (χ2n) is 7.02. The van der Waals surface area contributed by atoms with Crippen LogP contribution in [0.15, 0.2) is 41.8 Å². The zero-order chi connectivity index (χ0) is 20.6. The molecule has 2 N–H and O–H groups in total. The van der Waals surface area contributed by atoms with Gasteiger partial charge in [0.25, 0.3) is 0 Å². The normalized spacial score (nSPS) is 14.6. The largest absolute Gasteiger partial charge is 0.506 e. The summed E-state index contributed by atoms with van der Waals surface area (Å²) in [6.07, 6.45) is 0. The van der Waals surface area contributed by atoms with E-state index < -0.39 is 0 Å². The average molecular weight is 417 g/mol. The Balaban J connectivity index is 1.43. The summed E-state index contributed by atoms with van der Waals surface area (Å²) in [5, 5.41) is 14.9. The molecule has 29 heavy (non-hydrogen) atoms. The molecule has 2 aromatic rings. The molecule has 0 spiro atoms. The number of amides is 2. The van der Waals surface area contributed by atoms with Crippen LogP contribution in [-0.4, -0.2) is 72.5 Å². The van der Waals surface area contributed by atoms with Gasteiger partial charge >= 0.3 is 0 Å². The van der Waals surface area contributed by atoms with Crippen LogP contribution >= 0.6 is 11.3 Å². The summed E-state index contributed by atoms with van der Waals surface area (Å²) in [4.78, 5) is 31.8. The molecule has 1 saturated heterocycles. The van der Waals surface area contributed by atoms with Crippen molar-refractivity contribution in [2.45, 2.75) is 13.5 Å². The Morgan fingerprint density at radius 1 is 1.14 bits per heavy atom. The lowest BCUT2D eigenvalue weighted by Crippen LogP contribution is -2.51. The molecule has 0 aliphatic carbocycles. The van der Waals surface area contributed by atoms with Crippen molar-refractivity contribution >= 4 is 28.8 Å². The molecule has 0 saturated carbocycles. The number of aromatic hydroxyl groups is 1. The van der Waals surface area contributed by atoms with Gasteiger partial charge in [0.1, 0.15) is 5.75 Å². The summed E-state index contributed by atoms with van der Waals surface area (Å²) in [5.74, 6) is 0.107. The molecule has 2 heterocycles. The number of piperazine rings is 1. The number of phenols is 1. The van der Waals surface area contributed by atoms with Gasteiger partial charge < -0.3 is 20.2 Å². The molecule has 7 nitrogen and oxygen atoms in total. The Morgan fingerprint density at radius 2 is 1.90 bits per heavy atom. The van der Waals surface area contributed by atoms with Crippen LogP contribution in [0.5, 0.6) is 5.75 Å². The van der Waals surface area contributed by atoms with Crippen LogP contribution in [0.4, 0.5) is 5.69 Å². The first kappa shape index (κ1) is 21.1. The van der Waals surface area contributed by atoms with Crippen molar-refractivity contribution in [1.29, 1.82) is 0 Å². The number of rotatable bonds is 8. The number of thiophene rings is 1. The van der Waals surface area contributed by atoms with E-state index in [2.05, 4.69) is 15.1 Å². The second-order valence-corrected chi connectivity index (χ2v) is 8.05. The van der Waals surface area contributed by atoms with E-state index in [-0.39, 0.29) is 24.1 Å². The van der Waals surface area contributed by atoms with E-state index in [9.17, 15) is 14.7 Å². The molecule has 1 aliphatic heterocycles. The Labute approximate surface area is 175 Å². The van der Waals surface area contributed by atoms with Crippen molar-refractivity contribution < 1.29 is 14.7 Å². The quantitative estimate of drug-likeness (QED) is 0.686. The second kappa shape index (κ2) is 10.3. The first-order valence-corrected chi connectivity index (χ1v) is 10.8. The first-order chi connectivity index (χ1) is 14.1. The van der Waals surface area contributed by atoms with E-state index in [1.807, 2.05) is 42.6 Å². The fraction of sp³-hybridized carbons (Fsp3) is 0.429. The number of anilines is 1. The Morgan fingerprint density at radius 3 is 2.55 bits per heavy atom. The number of benzene rings is 1. The third kappa shape index (κ3) is 5.95. The number of phenolic OH excluding ortho intramolecular Hbond substituents is 1. The molecule has 0 atom stereocenters. The summed E-state index contributed by atoms with van der Waals surface area (Å²) >= 11 is 1.60. The van der Waals surface area contributed by atoms with E-state index in [1.54, 1.807) is 22.3 Å². The van der Waals surface area contributed by atoms with Crippen LogP contribution in [0.1, 0.15) is 11.8 Å². The predicted molar refractivity (Wildman–Crippen MR) is 115 cm³/mol. The molecule has 8 heteroatoms. The van der Waals surface area contributed by atoms with Crippen molar-refractivity contribution in [1.82, 2.24) is 15.1 Å². The lowest BCUT2D eigenvalue weighted by Gasteiger charge is -2.36. The lowest BCUT2D eigenvalue weighted by atomic mass is 10.2. The van der Waals surface area contributed by atoms with Crippen LogP contribution in [0, 0.1) is 0 Å². The zero-order valence-corrected chi connectivity index (χ0v) is 17.5. The Bertz CT molecular complexity index is 804. The lowest BCUT2D eigenvalue weighted by molar-refractivity contribution is -0.136. The summed E-state index contributed by atoms with van der Waals surface area (Å²) < 4.78 is 0. The van der Waals surface area contributed by atoms with Crippen molar-refractivity contribution in [3.05, 3.63) is 46.7 Å². The van der Waals surface area contributed by atoms with E-state index in [0.717, 1.165) is 36.7 Å². The smallest absolute Gasteiger partial charge is 0.239 e. The predicted octanol–water partition coefficient (Wildman–Crippen LogP) is 1.74. The Hall–Kier alpha value is -2.58. The van der Waals surface area contributed by atoms with Crippen molar-refractivity contribution in [3.8, 4) is 5.75 Å². The molecule has 3 rings (SSSR count). The van der Waals surface area contributed by atoms with Gasteiger partial charge in [0.15, 0.2) is 0 Å². The Kier molecular flexibility index (Phi) is 7.48. The van der Waals surface area contributed by atoms with Crippen LogP contribution < -0.4 is 10.2 Å². The highest BCUT2D eigenvalue weighted by molar-refractivity contribution is 7.09. The van der Waals surface area contributed by atoms with Gasteiger partial charge in [-0.1, -0.05) is 18.2 Å². The fourth-order valence-electron chi connectivity index (χ4n) is 3.37. The highest BCUT2D eigenvalue weighted by atomic mass is 32.1. The van der Waals surface area contributed by atoms with Gasteiger partial charge in [-0.25, -0.2) is 0 Å². The highest BCUT2D eigenvalue weighted by Gasteiger charge is 2.23. The molecular weight excluding hydrogens is 388 g/mol. The summed E-state index contributed by atoms with van der Waals surface area (Å²) in [6.45, 7) is 6.25. The van der Waals surface area contributed by atoms with Crippen molar-refractivity contribution in [2.24, 2.45) is 0 Å². The van der Waals surface area contributed by atoms with Gasteiger partial charge in [-0.2, -0.15) is 0 Å². The number of likely N-dealkylation sites (N-methyl/N-ethyl adjacent to an activating group) is 1. The van der Waals surface area contributed by atoms with Crippen LogP contribution in [0.3, 0.4) is 0 Å². The minimum Gasteiger partial charge on any atom is -0.506 e. The number of carbonyl (C=O) groups excluding carboxylic acids is 2. The highest BCUT2D eigenvalue weighted by Crippen LogP contribution is 2.27. The van der Waals surface area contributed by atoms with Gasteiger partial charge in [0, 0.05) is 37.6 Å². The third-order valence-corrected chi connectivity index (χ3v) is 5.94. The zero-order valence-electron chi connectivity index (χ0n) is 16.7. The van der Waals surface area contributed by atoms with Gasteiger partial charge in [-0.15, -0.1) is 11.3 Å². The number of nitrogens with one attached hydrogen (secondary N) is 1. The monoisotopic (exact) mass is 416 g/mol. The van der Waals surface area contributed by atoms with Crippen LogP contribution in [-0.2, 0) is 16.1 Å². The molecule has 0 bridgehead atoms. The van der Waals surface area contributed by atoms with E-state index in [4.69, 9.17) is 0 Å². The molecule has 1 aliphatic rings. The van der Waals surface area contributed by atoms with E-state index in [0.29, 0.717) is 19.6 Å². The minimum absolute atomic E-state index is 0.0326. The van der Waals surface area contributed by atoms with E-state index in [1.165, 1.54) is 0 Å². The van der Waals surface area contributed by atoms with Gasteiger partial charge in [-0.3, -0.25) is 14.5 Å². The van der Waals surface area contributed by atoms with Crippen LogP contribution in [0.25, 0.3) is 0 Å². The van der Waals surface area contributed by atoms with Crippen molar-refractivity contribution in [2.75, 3.05) is 50.7 Å². The molecular formula is C21H28N4O3S. The van der Waals surface area contributed by atoms with Gasteiger partial charge in [0.05, 0.1) is 25.3 Å². The molecule has 0 unspecified atom stereocenters. The van der Waals surface area contributed by atoms with Gasteiger partial charge in [0.2, 0.25) is 11.8 Å². The molecule has 1 aromatic carbocycles. The summed E-state index contributed by atoms with van der Waals surface area (Å²) in [6, 6.07) is 11.2. The minimum atomic E-state index is -0.141. The first-order valence-electron chi connectivity index (χ1n) is 9.89. The third-order valence-electron chi connectivity index (χ3n) is 5.06. The fourth-order valence-corrected chi connectivity index (χ4v) is 4.02.